The Morgan fingerprint density at radius 2 is 1.94 bits per heavy atom. The lowest BCUT2D eigenvalue weighted by Crippen LogP contribution is -2.05. The third-order valence-electron chi connectivity index (χ3n) is 2.11. The normalized spacial score (nSPS) is 9.75. The fraction of sp³-hybridized carbons (Fsp3) is 0.0769. The molecule has 1 aromatic carbocycles. The minimum atomic E-state index is -0.350. The predicted molar refractivity (Wildman–Crippen MR) is 59.8 cm³/mol. The summed E-state index contributed by atoms with van der Waals surface area (Å²) in [4.78, 5) is 15.4. The summed E-state index contributed by atoms with van der Waals surface area (Å²) in [6, 6.07) is 13.0. The molecule has 0 aliphatic rings. The van der Waals surface area contributed by atoms with Gasteiger partial charge >= 0.3 is 5.97 Å². The Kier molecular flexibility index (Phi) is 3.28. The van der Waals surface area contributed by atoms with Gasteiger partial charge in [0.05, 0.1) is 5.56 Å². The van der Waals surface area contributed by atoms with Gasteiger partial charge < -0.3 is 4.74 Å². The number of pyridine rings is 1. The summed E-state index contributed by atoms with van der Waals surface area (Å²) in [7, 11) is 0. The van der Waals surface area contributed by atoms with Crippen molar-refractivity contribution >= 4 is 5.97 Å². The molecule has 0 aliphatic heterocycles. The lowest BCUT2D eigenvalue weighted by atomic mass is 10.2. The van der Waals surface area contributed by atoms with Gasteiger partial charge in [-0.15, -0.1) is 0 Å². The first-order valence-electron chi connectivity index (χ1n) is 4.97. The SMILES string of the molecule is O=C(OCc1ccccc1)c1cccnc1. The third kappa shape index (κ3) is 2.67. The maximum atomic E-state index is 11.6. The first-order valence-corrected chi connectivity index (χ1v) is 4.97. The monoisotopic (exact) mass is 213 g/mol. The van der Waals surface area contributed by atoms with E-state index >= 15 is 0 Å². The maximum absolute atomic E-state index is 11.6. The molecule has 16 heavy (non-hydrogen) atoms. The van der Waals surface area contributed by atoms with Crippen LogP contribution in [0.2, 0.25) is 0 Å². The minimum absolute atomic E-state index is 0.286. The second-order valence-electron chi connectivity index (χ2n) is 3.30. The molecule has 2 aromatic rings. The fourth-order valence-corrected chi connectivity index (χ4v) is 1.29. The number of benzene rings is 1. The number of nitrogens with zero attached hydrogens (tertiary/aromatic N) is 1. The van der Waals surface area contributed by atoms with Crippen LogP contribution in [0.15, 0.2) is 54.9 Å². The van der Waals surface area contributed by atoms with Gasteiger partial charge in [0.25, 0.3) is 0 Å². The Balaban J connectivity index is 1.95. The second kappa shape index (κ2) is 5.07. The van der Waals surface area contributed by atoms with Gasteiger partial charge in [-0.1, -0.05) is 30.3 Å². The molecule has 0 spiro atoms. The highest BCUT2D eigenvalue weighted by Crippen LogP contribution is 2.04. The number of ether oxygens (including phenoxy) is 1. The van der Waals surface area contributed by atoms with Crippen molar-refractivity contribution in [2.75, 3.05) is 0 Å². The number of aromatic nitrogens is 1. The van der Waals surface area contributed by atoms with Crippen molar-refractivity contribution in [2.45, 2.75) is 6.61 Å². The van der Waals surface area contributed by atoms with Gasteiger partial charge in [-0.25, -0.2) is 4.79 Å². The summed E-state index contributed by atoms with van der Waals surface area (Å²) in [5.41, 5.74) is 1.44. The largest absolute Gasteiger partial charge is 0.457 e. The zero-order valence-electron chi connectivity index (χ0n) is 8.67. The molecule has 0 bridgehead atoms. The minimum Gasteiger partial charge on any atom is -0.457 e. The molecule has 0 N–H and O–H groups in total. The summed E-state index contributed by atoms with van der Waals surface area (Å²) in [6.45, 7) is 0.286. The summed E-state index contributed by atoms with van der Waals surface area (Å²) >= 11 is 0. The zero-order valence-corrected chi connectivity index (χ0v) is 8.67. The van der Waals surface area contributed by atoms with Crippen molar-refractivity contribution in [1.82, 2.24) is 4.98 Å². The standard InChI is InChI=1S/C13H11NO2/c15-13(12-7-4-8-14-9-12)16-10-11-5-2-1-3-6-11/h1-9H,10H2. The number of esters is 1. The van der Waals surface area contributed by atoms with Gasteiger partial charge in [-0.3, -0.25) is 4.98 Å². The molecule has 3 heteroatoms. The van der Waals surface area contributed by atoms with E-state index in [4.69, 9.17) is 4.74 Å². The average Bonchev–Trinajstić information content (AvgIpc) is 2.38. The van der Waals surface area contributed by atoms with Gasteiger partial charge in [-0.05, 0) is 17.7 Å². The van der Waals surface area contributed by atoms with Crippen LogP contribution in [0.1, 0.15) is 15.9 Å². The Bertz CT molecular complexity index is 454. The third-order valence-corrected chi connectivity index (χ3v) is 2.11. The van der Waals surface area contributed by atoms with Crippen LogP contribution < -0.4 is 0 Å². The van der Waals surface area contributed by atoms with Crippen LogP contribution in [0, 0.1) is 0 Å². The van der Waals surface area contributed by atoms with Crippen LogP contribution in [0.5, 0.6) is 0 Å². The van der Waals surface area contributed by atoms with E-state index in [-0.39, 0.29) is 12.6 Å². The molecular weight excluding hydrogens is 202 g/mol. The van der Waals surface area contributed by atoms with E-state index in [1.165, 1.54) is 6.20 Å². The van der Waals surface area contributed by atoms with E-state index in [2.05, 4.69) is 4.98 Å². The van der Waals surface area contributed by atoms with Crippen molar-refractivity contribution in [1.29, 1.82) is 0 Å². The van der Waals surface area contributed by atoms with E-state index < -0.39 is 0 Å². The second-order valence-corrected chi connectivity index (χ2v) is 3.30. The molecule has 1 heterocycles. The molecule has 1 aromatic heterocycles. The van der Waals surface area contributed by atoms with Gasteiger partial charge in [0, 0.05) is 12.4 Å². The highest BCUT2D eigenvalue weighted by atomic mass is 16.5. The molecule has 0 radical (unpaired) electrons. The Hall–Kier alpha value is -2.16. The summed E-state index contributed by atoms with van der Waals surface area (Å²) < 4.78 is 5.14. The summed E-state index contributed by atoms with van der Waals surface area (Å²) in [5, 5.41) is 0. The summed E-state index contributed by atoms with van der Waals surface area (Å²) in [5.74, 6) is -0.350. The number of hydrogen-bond acceptors (Lipinski definition) is 3. The van der Waals surface area contributed by atoms with Gasteiger partial charge in [-0.2, -0.15) is 0 Å². The van der Waals surface area contributed by atoms with Crippen LogP contribution in [0.25, 0.3) is 0 Å². The average molecular weight is 213 g/mol. The molecular formula is C13H11NO2. The fourth-order valence-electron chi connectivity index (χ4n) is 1.29. The van der Waals surface area contributed by atoms with Crippen molar-refractivity contribution < 1.29 is 9.53 Å². The van der Waals surface area contributed by atoms with Gasteiger partial charge in [0.15, 0.2) is 0 Å². The maximum Gasteiger partial charge on any atom is 0.340 e. The first-order chi connectivity index (χ1) is 7.86. The zero-order chi connectivity index (χ0) is 11.2. The predicted octanol–water partition coefficient (Wildman–Crippen LogP) is 2.44. The van der Waals surface area contributed by atoms with E-state index in [0.29, 0.717) is 5.56 Å². The van der Waals surface area contributed by atoms with Crippen LogP contribution in [0.4, 0.5) is 0 Å². The number of carbonyl (C=O) groups is 1. The van der Waals surface area contributed by atoms with Crippen molar-refractivity contribution in [3.63, 3.8) is 0 Å². The highest BCUT2D eigenvalue weighted by molar-refractivity contribution is 5.88. The molecule has 0 fully saturated rings. The van der Waals surface area contributed by atoms with Crippen molar-refractivity contribution in [2.24, 2.45) is 0 Å². The van der Waals surface area contributed by atoms with Crippen molar-refractivity contribution in [3.05, 3.63) is 66.0 Å². The summed E-state index contributed by atoms with van der Waals surface area (Å²) in [6.07, 6.45) is 3.11. The quantitative estimate of drug-likeness (QED) is 0.735. The molecule has 0 aliphatic carbocycles. The Morgan fingerprint density at radius 3 is 2.62 bits per heavy atom. The van der Waals surface area contributed by atoms with Crippen LogP contribution in [-0.2, 0) is 11.3 Å². The van der Waals surface area contributed by atoms with E-state index in [0.717, 1.165) is 5.56 Å². The highest BCUT2D eigenvalue weighted by Gasteiger charge is 2.06. The van der Waals surface area contributed by atoms with Gasteiger partial charge in [0.1, 0.15) is 6.61 Å². The van der Waals surface area contributed by atoms with Crippen LogP contribution in [-0.4, -0.2) is 11.0 Å². The molecule has 0 saturated carbocycles. The van der Waals surface area contributed by atoms with E-state index in [1.807, 2.05) is 30.3 Å². The molecule has 0 unspecified atom stereocenters. The topological polar surface area (TPSA) is 39.2 Å². The van der Waals surface area contributed by atoms with E-state index in [9.17, 15) is 4.79 Å². The molecule has 80 valence electrons. The lowest BCUT2D eigenvalue weighted by molar-refractivity contribution is 0.0472. The Labute approximate surface area is 93.7 Å². The molecule has 0 amide bonds. The molecule has 2 rings (SSSR count). The van der Waals surface area contributed by atoms with Crippen molar-refractivity contribution in [3.8, 4) is 0 Å². The number of hydrogen-bond donors (Lipinski definition) is 0. The Morgan fingerprint density at radius 1 is 1.12 bits per heavy atom. The first kappa shape index (κ1) is 10.4. The number of rotatable bonds is 3. The number of carbonyl (C=O) groups excluding carboxylic acids is 1. The van der Waals surface area contributed by atoms with Crippen LogP contribution >= 0.6 is 0 Å². The molecule has 0 atom stereocenters. The molecule has 3 nitrogen and oxygen atoms in total. The van der Waals surface area contributed by atoms with E-state index in [1.54, 1.807) is 18.3 Å². The molecule has 0 saturated heterocycles. The smallest absolute Gasteiger partial charge is 0.340 e. The van der Waals surface area contributed by atoms with Crippen LogP contribution in [0.3, 0.4) is 0 Å². The lowest BCUT2D eigenvalue weighted by Gasteiger charge is -2.03. The van der Waals surface area contributed by atoms with Gasteiger partial charge in [0.2, 0.25) is 0 Å².